The zero-order chi connectivity index (χ0) is 9.84. The van der Waals surface area contributed by atoms with Gasteiger partial charge in [0.15, 0.2) is 0 Å². The summed E-state index contributed by atoms with van der Waals surface area (Å²) in [6.45, 7) is 2.05. The van der Waals surface area contributed by atoms with Crippen molar-refractivity contribution in [1.82, 2.24) is 5.32 Å². The standard InChI is InChI=1S/C10H14FNO/c1-7-4-3-5-8(10(7)11)9(13)6-12-2/h3-5,9,12-13H,6H2,1-2H3. The maximum atomic E-state index is 13.4. The average molecular weight is 183 g/mol. The van der Waals surface area contributed by atoms with Crippen molar-refractivity contribution in [2.75, 3.05) is 13.6 Å². The molecular formula is C10H14FNO. The first-order valence-electron chi connectivity index (χ1n) is 4.24. The lowest BCUT2D eigenvalue weighted by atomic mass is 10.1. The summed E-state index contributed by atoms with van der Waals surface area (Å²) in [6.07, 6.45) is -0.773. The topological polar surface area (TPSA) is 32.3 Å². The molecule has 0 fully saturated rings. The van der Waals surface area contributed by atoms with E-state index in [1.54, 1.807) is 32.2 Å². The summed E-state index contributed by atoms with van der Waals surface area (Å²) in [5.74, 6) is -0.315. The third kappa shape index (κ3) is 2.26. The molecule has 2 N–H and O–H groups in total. The molecule has 0 saturated heterocycles. The Morgan fingerprint density at radius 3 is 2.85 bits per heavy atom. The van der Waals surface area contributed by atoms with E-state index in [4.69, 9.17) is 0 Å². The predicted octanol–water partition coefficient (Wildman–Crippen LogP) is 1.39. The zero-order valence-corrected chi connectivity index (χ0v) is 7.84. The Kier molecular flexibility index (Phi) is 3.39. The first-order chi connectivity index (χ1) is 6.16. The van der Waals surface area contributed by atoms with Crippen LogP contribution in [0.2, 0.25) is 0 Å². The van der Waals surface area contributed by atoms with Gasteiger partial charge in [0.05, 0.1) is 6.10 Å². The van der Waals surface area contributed by atoms with E-state index in [1.807, 2.05) is 0 Å². The van der Waals surface area contributed by atoms with Gasteiger partial charge in [0.1, 0.15) is 5.82 Å². The highest BCUT2D eigenvalue weighted by Crippen LogP contribution is 2.18. The van der Waals surface area contributed by atoms with Gasteiger partial charge >= 0.3 is 0 Å². The molecule has 0 aromatic heterocycles. The second kappa shape index (κ2) is 4.35. The van der Waals surface area contributed by atoms with Crippen molar-refractivity contribution < 1.29 is 9.50 Å². The van der Waals surface area contributed by atoms with Gasteiger partial charge in [-0.1, -0.05) is 18.2 Å². The molecule has 72 valence electrons. The fourth-order valence-electron chi connectivity index (χ4n) is 1.23. The maximum Gasteiger partial charge on any atom is 0.131 e. The highest BCUT2D eigenvalue weighted by molar-refractivity contribution is 5.26. The predicted molar refractivity (Wildman–Crippen MR) is 50.0 cm³/mol. The van der Waals surface area contributed by atoms with E-state index in [0.29, 0.717) is 17.7 Å². The molecule has 1 unspecified atom stereocenters. The van der Waals surface area contributed by atoms with E-state index >= 15 is 0 Å². The molecule has 0 aliphatic carbocycles. The fourth-order valence-corrected chi connectivity index (χ4v) is 1.23. The van der Waals surface area contributed by atoms with Crippen LogP contribution in [0.25, 0.3) is 0 Å². The first kappa shape index (κ1) is 10.2. The Bertz CT molecular complexity index is 288. The lowest BCUT2D eigenvalue weighted by Gasteiger charge is -2.12. The molecule has 0 amide bonds. The van der Waals surface area contributed by atoms with E-state index in [1.165, 1.54) is 0 Å². The summed E-state index contributed by atoms with van der Waals surface area (Å²) in [7, 11) is 1.72. The second-order valence-electron chi connectivity index (χ2n) is 3.05. The zero-order valence-electron chi connectivity index (χ0n) is 7.84. The third-order valence-electron chi connectivity index (χ3n) is 1.98. The van der Waals surface area contributed by atoms with E-state index in [0.717, 1.165) is 0 Å². The van der Waals surface area contributed by atoms with Crippen LogP contribution < -0.4 is 5.32 Å². The molecule has 0 saturated carbocycles. The fraction of sp³-hybridized carbons (Fsp3) is 0.400. The van der Waals surface area contributed by atoms with Crippen molar-refractivity contribution in [3.8, 4) is 0 Å². The quantitative estimate of drug-likeness (QED) is 0.742. The van der Waals surface area contributed by atoms with Gasteiger partial charge in [-0.3, -0.25) is 0 Å². The van der Waals surface area contributed by atoms with Crippen LogP contribution in [0.3, 0.4) is 0 Å². The van der Waals surface area contributed by atoms with Gasteiger partial charge < -0.3 is 10.4 Å². The molecule has 1 aromatic carbocycles. The van der Waals surface area contributed by atoms with Gasteiger partial charge in [-0.2, -0.15) is 0 Å². The lowest BCUT2D eigenvalue weighted by Crippen LogP contribution is -2.17. The Morgan fingerprint density at radius 1 is 1.54 bits per heavy atom. The van der Waals surface area contributed by atoms with Crippen molar-refractivity contribution in [3.63, 3.8) is 0 Å². The van der Waals surface area contributed by atoms with Gasteiger partial charge in [0.2, 0.25) is 0 Å². The summed E-state index contributed by atoms with van der Waals surface area (Å²) < 4.78 is 13.4. The molecule has 1 atom stereocenters. The minimum absolute atomic E-state index is 0.315. The molecule has 0 aliphatic heterocycles. The number of rotatable bonds is 3. The average Bonchev–Trinajstić information content (AvgIpc) is 2.10. The minimum atomic E-state index is -0.773. The summed E-state index contributed by atoms with van der Waals surface area (Å²) in [5, 5.41) is 12.3. The number of aryl methyl sites for hydroxylation is 1. The summed E-state index contributed by atoms with van der Waals surface area (Å²) in [4.78, 5) is 0. The van der Waals surface area contributed by atoms with Crippen LogP contribution >= 0.6 is 0 Å². The number of hydrogen-bond donors (Lipinski definition) is 2. The SMILES string of the molecule is CNCC(O)c1cccc(C)c1F. The molecular weight excluding hydrogens is 169 g/mol. The molecule has 0 spiro atoms. The molecule has 0 aliphatic rings. The van der Waals surface area contributed by atoms with Gasteiger partial charge in [0, 0.05) is 12.1 Å². The molecule has 0 radical (unpaired) electrons. The largest absolute Gasteiger partial charge is 0.387 e. The van der Waals surface area contributed by atoms with E-state index in [2.05, 4.69) is 5.32 Å². The van der Waals surface area contributed by atoms with Crippen LogP contribution in [-0.4, -0.2) is 18.7 Å². The Morgan fingerprint density at radius 2 is 2.23 bits per heavy atom. The van der Waals surface area contributed by atoms with Crippen LogP contribution in [0.4, 0.5) is 4.39 Å². The minimum Gasteiger partial charge on any atom is -0.387 e. The van der Waals surface area contributed by atoms with Crippen molar-refractivity contribution in [1.29, 1.82) is 0 Å². The molecule has 3 heteroatoms. The van der Waals surface area contributed by atoms with Crippen molar-refractivity contribution in [2.45, 2.75) is 13.0 Å². The number of aliphatic hydroxyl groups is 1. The van der Waals surface area contributed by atoms with Gasteiger partial charge in [-0.25, -0.2) is 4.39 Å². The monoisotopic (exact) mass is 183 g/mol. The summed E-state index contributed by atoms with van der Waals surface area (Å²) in [5.41, 5.74) is 0.919. The molecule has 0 heterocycles. The number of nitrogens with one attached hydrogen (secondary N) is 1. The highest BCUT2D eigenvalue weighted by Gasteiger charge is 2.12. The number of hydrogen-bond acceptors (Lipinski definition) is 2. The Hall–Kier alpha value is -0.930. The number of likely N-dealkylation sites (N-methyl/N-ethyl adjacent to an activating group) is 1. The Balaban J connectivity index is 2.93. The summed E-state index contributed by atoms with van der Waals surface area (Å²) >= 11 is 0. The molecule has 1 aromatic rings. The lowest BCUT2D eigenvalue weighted by molar-refractivity contribution is 0.173. The highest BCUT2D eigenvalue weighted by atomic mass is 19.1. The van der Waals surface area contributed by atoms with Gasteiger partial charge in [0.25, 0.3) is 0 Å². The van der Waals surface area contributed by atoms with Crippen molar-refractivity contribution in [2.24, 2.45) is 0 Å². The number of aliphatic hydroxyl groups excluding tert-OH is 1. The van der Waals surface area contributed by atoms with Crippen LogP contribution in [0, 0.1) is 12.7 Å². The number of benzene rings is 1. The van der Waals surface area contributed by atoms with Crippen LogP contribution in [-0.2, 0) is 0 Å². The van der Waals surface area contributed by atoms with Gasteiger partial charge in [-0.05, 0) is 19.5 Å². The van der Waals surface area contributed by atoms with Crippen LogP contribution in [0.5, 0.6) is 0 Å². The third-order valence-corrected chi connectivity index (χ3v) is 1.98. The van der Waals surface area contributed by atoms with E-state index in [9.17, 15) is 9.50 Å². The smallest absolute Gasteiger partial charge is 0.131 e. The van der Waals surface area contributed by atoms with Crippen molar-refractivity contribution >= 4 is 0 Å². The first-order valence-corrected chi connectivity index (χ1v) is 4.24. The van der Waals surface area contributed by atoms with E-state index < -0.39 is 6.10 Å². The van der Waals surface area contributed by atoms with E-state index in [-0.39, 0.29) is 5.82 Å². The maximum absolute atomic E-state index is 13.4. The summed E-state index contributed by atoms with van der Waals surface area (Å²) in [6, 6.07) is 5.03. The Labute approximate surface area is 77.4 Å². The molecule has 0 bridgehead atoms. The van der Waals surface area contributed by atoms with Crippen LogP contribution in [0.15, 0.2) is 18.2 Å². The van der Waals surface area contributed by atoms with Crippen LogP contribution in [0.1, 0.15) is 17.2 Å². The molecule has 13 heavy (non-hydrogen) atoms. The normalized spacial score (nSPS) is 12.9. The molecule has 2 nitrogen and oxygen atoms in total. The number of halogens is 1. The van der Waals surface area contributed by atoms with Gasteiger partial charge in [-0.15, -0.1) is 0 Å². The molecule has 1 rings (SSSR count). The van der Waals surface area contributed by atoms with Crippen molar-refractivity contribution in [3.05, 3.63) is 35.1 Å². The second-order valence-corrected chi connectivity index (χ2v) is 3.05.